The highest BCUT2D eigenvalue weighted by molar-refractivity contribution is 5.78. The Kier molecular flexibility index (Phi) is 4.28. The van der Waals surface area contributed by atoms with E-state index < -0.39 is 0 Å². The monoisotopic (exact) mass is 269 g/mol. The van der Waals surface area contributed by atoms with Crippen molar-refractivity contribution < 1.29 is 0 Å². The molecule has 0 bridgehead atoms. The van der Waals surface area contributed by atoms with E-state index in [-0.39, 0.29) is 0 Å². The summed E-state index contributed by atoms with van der Waals surface area (Å²) in [5.74, 6) is 0.786. The van der Waals surface area contributed by atoms with Crippen LogP contribution in [0.1, 0.15) is 18.5 Å². The van der Waals surface area contributed by atoms with Crippen LogP contribution in [0.3, 0.4) is 0 Å². The van der Waals surface area contributed by atoms with Gasteiger partial charge in [-0.25, -0.2) is 0 Å². The lowest BCUT2D eigenvalue weighted by Gasteiger charge is -2.32. The van der Waals surface area contributed by atoms with Crippen molar-refractivity contribution in [3.63, 3.8) is 0 Å². The van der Waals surface area contributed by atoms with E-state index in [0.717, 1.165) is 24.5 Å². The maximum Gasteiger partial charge on any atom is 0.0705 e. The first-order valence-electron chi connectivity index (χ1n) is 7.57. The Balaban J connectivity index is 1.69. The molecule has 1 atom stereocenters. The van der Waals surface area contributed by atoms with Crippen molar-refractivity contribution in [2.45, 2.75) is 19.4 Å². The highest BCUT2D eigenvalue weighted by Gasteiger charge is 2.19. The van der Waals surface area contributed by atoms with Crippen LogP contribution in [-0.4, -0.2) is 36.6 Å². The molecule has 1 N–H and O–H groups in total. The molecule has 3 nitrogen and oxygen atoms in total. The molecule has 2 heterocycles. The number of rotatable bonds is 4. The van der Waals surface area contributed by atoms with E-state index in [1.807, 2.05) is 7.05 Å². The first-order valence-corrected chi connectivity index (χ1v) is 7.57. The van der Waals surface area contributed by atoms with Crippen LogP contribution in [0.2, 0.25) is 0 Å². The van der Waals surface area contributed by atoms with Gasteiger partial charge in [0, 0.05) is 18.5 Å². The van der Waals surface area contributed by atoms with E-state index in [4.69, 9.17) is 4.98 Å². The Hall–Kier alpha value is -1.45. The number of hydrogen-bond acceptors (Lipinski definition) is 3. The van der Waals surface area contributed by atoms with Crippen molar-refractivity contribution in [3.8, 4) is 0 Å². The van der Waals surface area contributed by atoms with Gasteiger partial charge in [0.2, 0.25) is 0 Å². The minimum absolute atomic E-state index is 0.786. The lowest BCUT2D eigenvalue weighted by molar-refractivity contribution is 0.165. The number of para-hydroxylation sites is 1. The Morgan fingerprint density at radius 1 is 1.25 bits per heavy atom. The number of hydrogen-bond donors (Lipinski definition) is 1. The lowest BCUT2D eigenvalue weighted by atomic mass is 9.98. The molecule has 1 unspecified atom stereocenters. The molecule has 20 heavy (non-hydrogen) atoms. The summed E-state index contributed by atoms with van der Waals surface area (Å²) in [5.41, 5.74) is 2.29. The molecule has 2 aromatic rings. The molecule has 3 heteroatoms. The maximum absolute atomic E-state index is 4.78. The standard InChI is InChI=1S/C17H23N3/c1-18-11-14-5-4-10-20(12-14)13-16-9-8-15-6-2-3-7-17(15)19-16/h2-3,6-9,14,18H,4-5,10-13H2,1H3. The van der Waals surface area contributed by atoms with Crippen molar-refractivity contribution in [2.75, 3.05) is 26.7 Å². The highest BCUT2D eigenvalue weighted by atomic mass is 15.1. The van der Waals surface area contributed by atoms with Gasteiger partial charge in [0.15, 0.2) is 0 Å². The smallest absolute Gasteiger partial charge is 0.0705 e. The van der Waals surface area contributed by atoms with Crippen molar-refractivity contribution in [2.24, 2.45) is 5.92 Å². The van der Waals surface area contributed by atoms with Gasteiger partial charge in [0.25, 0.3) is 0 Å². The zero-order chi connectivity index (χ0) is 13.8. The summed E-state index contributed by atoms with van der Waals surface area (Å²) in [6.07, 6.45) is 2.66. The number of nitrogens with one attached hydrogen (secondary N) is 1. The molecule has 0 radical (unpaired) electrons. The Morgan fingerprint density at radius 2 is 2.15 bits per heavy atom. The zero-order valence-corrected chi connectivity index (χ0v) is 12.2. The Bertz CT molecular complexity index is 565. The van der Waals surface area contributed by atoms with Gasteiger partial charge in [-0.3, -0.25) is 9.88 Å². The van der Waals surface area contributed by atoms with E-state index in [0.29, 0.717) is 0 Å². The fourth-order valence-electron chi connectivity index (χ4n) is 3.18. The van der Waals surface area contributed by atoms with Gasteiger partial charge in [-0.1, -0.05) is 24.3 Å². The van der Waals surface area contributed by atoms with Gasteiger partial charge in [0.05, 0.1) is 11.2 Å². The summed E-state index contributed by atoms with van der Waals surface area (Å²) >= 11 is 0. The second kappa shape index (κ2) is 6.33. The molecule has 0 amide bonds. The summed E-state index contributed by atoms with van der Waals surface area (Å²) in [6.45, 7) is 4.50. The zero-order valence-electron chi connectivity index (χ0n) is 12.2. The third-order valence-corrected chi connectivity index (χ3v) is 4.14. The van der Waals surface area contributed by atoms with Crippen LogP contribution in [0.25, 0.3) is 10.9 Å². The third kappa shape index (κ3) is 3.17. The first-order chi connectivity index (χ1) is 9.85. The lowest BCUT2D eigenvalue weighted by Crippen LogP contribution is -2.38. The summed E-state index contributed by atoms with van der Waals surface area (Å²) < 4.78 is 0. The second-order valence-corrected chi connectivity index (χ2v) is 5.80. The minimum Gasteiger partial charge on any atom is -0.319 e. The number of pyridine rings is 1. The van der Waals surface area contributed by atoms with Gasteiger partial charge in [-0.2, -0.15) is 0 Å². The molecule has 3 rings (SSSR count). The number of nitrogens with zero attached hydrogens (tertiary/aromatic N) is 2. The molecule has 1 aliphatic heterocycles. The Labute approximate surface area is 121 Å². The van der Waals surface area contributed by atoms with E-state index in [1.165, 1.54) is 37.0 Å². The fourth-order valence-corrected chi connectivity index (χ4v) is 3.18. The van der Waals surface area contributed by atoms with Crippen molar-refractivity contribution in [1.29, 1.82) is 0 Å². The molecule has 106 valence electrons. The first kappa shape index (κ1) is 13.5. The molecule has 0 aliphatic carbocycles. The summed E-state index contributed by atoms with van der Waals surface area (Å²) in [6, 6.07) is 12.7. The van der Waals surface area contributed by atoms with Gasteiger partial charge in [-0.15, -0.1) is 0 Å². The second-order valence-electron chi connectivity index (χ2n) is 5.80. The van der Waals surface area contributed by atoms with Crippen LogP contribution in [0.15, 0.2) is 36.4 Å². The summed E-state index contributed by atoms with van der Waals surface area (Å²) in [7, 11) is 2.05. The number of benzene rings is 1. The van der Waals surface area contributed by atoms with Crippen LogP contribution < -0.4 is 5.32 Å². The van der Waals surface area contributed by atoms with Crippen LogP contribution in [0.5, 0.6) is 0 Å². The van der Waals surface area contributed by atoms with Crippen LogP contribution in [0, 0.1) is 5.92 Å². The molecule has 0 saturated carbocycles. The van der Waals surface area contributed by atoms with Crippen molar-refractivity contribution in [1.82, 2.24) is 15.2 Å². The predicted molar refractivity (Wildman–Crippen MR) is 83.7 cm³/mol. The number of piperidine rings is 1. The number of fused-ring (bicyclic) bond motifs is 1. The number of aromatic nitrogens is 1. The van der Waals surface area contributed by atoms with E-state index in [9.17, 15) is 0 Å². The van der Waals surface area contributed by atoms with Crippen molar-refractivity contribution >= 4 is 10.9 Å². The average molecular weight is 269 g/mol. The maximum atomic E-state index is 4.78. The fraction of sp³-hybridized carbons (Fsp3) is 0.471. The molecule has 1 aromatic heterocycles. The SMILES string of the molecule is CNCC1CCCN(Cc2ccc3ccccc3n2)C1. The molecule has 1 aliphatic rings. The normalized spacial score (nSPS) is 20.4. The van der Waals surface area contributed by atoms with E-state index in [2.05, 4.69) is 46.6 Å². The third-order valence-electron chi connectivity index (χ3n) is 4.14. The molecular formula is C17H23N3. The largest absolute Gasteiger partial charge is 0.319 e. The van der Waals surface area contributed by atoms with Crippen molar-refractivity contribution in [3.05, 3.63) is 42.1 Å². The van der Waals surface area contributed by atoms with Crippen LogP contribution >= 0.6 is 0 Å². The summed E-state index contributed by atoms with van der Waals surface area (Å²) in [5, 5.41) is 4.53. The van der Waals surface area contributed by atoms with E-state index in [1.54, 1.807) is 0 Å². The average Bonchev–Trinajstić information content (AvgIpc) is 2.48. The topological polar surface area (TPSA) is 28.2 Å². The quantitative estimate of drug-likeness (QED) is 0.925. The van der Waals surface area contributed by atoms with Crippen LogP contribution in [0.4, 0.5) is 0 Å². The predicted octanol–water partition coefficient (Wildman–Crippen LogP) is 2.67. The molecule has 1 saturated heterocycles. The molecule has 0 spiro atoms. The van der Waals surface area contributed by atoms with Gasteiger partial charge in [0.1, 0.15) is 0 Å². The summed E-state index contributed by atoms with van der Waals surface area (Å²) in [4.78, 5) is 7.33. The van der Waals surface area contributed by atoms with Gasteiger partial charge in [-0.05, 0) is 51.0 Å². The molecule has 1 fully saturated rings. The molecule has 1 aromatic carbocycles. The highest BCUT2D eigenvalue weighted by Crippen LogP contribution is 2.18. The van der Waals surface area contributed by atoms with Crippen LogP contribution in [-0.2, 0) is 6.54 Å². The van der Waals surface area contributed by atoms with Gasteiger partial charge >= 0.3 is 0 Å². The Morgan fingerprint density at radius 3 is 3.05 bits per heavy atom. The van der Waals surface area contributed by atoms with E-state index >= 15 is 0 Å². The number of likely N-dealkylation sites (tertiary alicyclic amines) is 1. The van der Waals surface area contributed by atoms with Gasteiger partial charge < -0.3 is 5.32 Å². The molecular weight excluding hydrogens is 246 g/mol. The minimum atomic E-state index is 0.786.